The highest BCUT2D eigenvalue weighted by molar-refractivity contribution is 6.30. The highest BCUT2D eigenvalue weighted by atomic mass is 35.5. The van der Waals surface area contributed by atoms with Crippen LogP contribution in [0.1, 0.15) is 23.5 Å². The van der Waals surface area contributed by atoms with Gasteiger partial charge in [-0.05, 0) is 23.8 Å². The van der Waals surface area contributed by atoms with Crippen molar-refractivity contribution in [2.45, 2.75) is 12.3 Å². The molecule has 1 amide bonds. The topological polar surface area (TPSA) is 56.8 Å². The van der Waals surface area contributed by atoms with E-state index in [1.54, 1.807) is 12.1 Å². The molecule has 2 aromatic carbocycles. The number of ether oxygens (including phenoxy) is 3. The maximum Gasteiger partial charge on any atom is 0.225 e. The molecular formula is C18H17ClFNO4. The normalized spacial score (nSPS) is 16.0. The van der Waals surface area contributed by atoms with Crippen LogP contribution in [0.3, 0.4) is 0 Å². The zero-order valence-corrected chi connectivity index (χ0v) is 14.7. The third kappa shape index (κ3) is 3.09. The zero-order chi connectivity index (χ0) is 18.1. The van der Waals surface area contributed by atoms with E-state index >= 15 is 0 Å². The van der Waals surface area contributed by atoms with Crippen LogP contribution in [0.15, 0.2) is 24.3 Å². The number of nitrogens with one attached hydrogen (secondary N) is 1. The highest BCUT2D eigenvalue weighted by Crippen LogP contribution is 2.51. The number of rotatable bonds is 4. The summed E-state index contributed by atoms with van der Waals surface area (Å²) >= 11 is 6.00. The van der Waals surface area contributed by atoms with Crippen LogP contribution in [0.5, 0.6) is 17.2 Å². The molecule has 1 aliphatic heterocycles. The second-order valence-electron chi connectivity index (χ2n) is 5.61. The number of halogens is 2. The van der Waals surface area contributed by atoms with E-state index in [0.717, 1.165) is 0 Å². The molecule has 3 rings (SSSR count). The number of hydrogen-bond acceptors (Lipinski definition) is 4. The van der Waals surface area contributed by atoms with E-state index < -0.39 is 11.7 Å². The number of anilines is 1. The lowest BCUT2D eigenvalue weighted by molar-refractivity contribution is -0.116. The van der Waals surface area contributed by atoms with Gasteiger partial charge in [0, 0.05) is 29.0 Å². The summed E-state index contributed by atoms with van der Waals surface area (Å²) in [5, 5.41) is 3.07. The Kier molecular flexibility index (Phi) is 4.72. The lowest BCUT2D eigenvalue weighted by atomic mass is 9.83. The molecular weight excluding hydrogens is 349 g/mol. The fourth-order valence-electron chi connectivity index (χ4n) is 3.18. The summed E-state index contributed by atoms with van der Waals surface area (Å²) in [7, 11) is 4.50. The Morgan fingerprint density at radius 1 is 1.08 bits per heavy atom. The highest BCUT2D eigenvalue weighted by Gasteiger charge is 2.33. The summed E-state index contributed by atoms with van der Waals surface area (Å²) in [6, 6.07) is 5.91. The summed E-state index contributed by atoms with van der Waals surface area (Å²) < 4.78 is 30.1. The average Bonchev–Trinajstić information content (AvgIpc) is 2.58. The fraction of sp³-hybridized carbons (Fsp3) is 0.278. The molecule has 132 valence electrons. The molecule has 0 spiro atoms. The minimum absolute atomic E-state index is 0.138. The molecule has 1 heterocycles. The summed E-state index contributed by atoms with van der Waals surface area (Å²) in [6.07, 6.45) is 0.138. The maximum absolute atomic E-state index is 13.8. The van der Waals surface area contributed by atoms with Gasteiger partial charge in [-0.1, -0.05) is 11.6 Å². The van der Waals surface area contributed by atoms with Crippen LogP contribution in [0.25, 0.3) is 0 Å². The number of methoxy groups -OCH3 is 3. The minimum atomic E-state index is -0.463. The molecule has 0 saturated carbocycles. The first kappa shape index (κ1) is 17.4. The first-order valence-corrected chi connectivity index (χ1v) is 7.95. The quantitative estimate of drug-likeness (QED) is 0.890. The molecule has 0 fully saturated rings. The van der Waals surface area contributed by atoms with Crippen molar-refractivity contribution in [2.24, 2.45) is 0 Å². The van der Waals surface area contributed by atoms with Crippen molar-refractivity contribution in [3.8, 4) is 17.2 Å². The first-order chi connectivity index (χ1) is 12.0. The molecule has 7 heteroatoms. The van der Waals surface area contributed by atoms with Crippen LogP contribution in [0, 0.1) is 5.82 Å². The van der Waals surface area contributed by atoms with E-state index in [1.165, 1.54) is 33.5 Å². The fourth-order valence-corrected chi connectivity index (χ4v) is 3.41. The van der Waals surface area contributed by atoms with Gasteiger partial charge < -0.3 is 19.5 Å². The number of fused-ring (bicyclic) bond motifs is 1. The molecule has 0 radical (unpaired) electrons. The van der Waals surface area contributed by atoms with Gasteiger partial charge in [-0.3, -0.25) is 4.79 Å². The van der Waals surface area contributed by atoms with Crippen LogP contribution in [-0.4, -0.2) is 27.2 Å². The Morgan fingerprint density at radius 2 is 1.80 bits per heavy atom. The lowest BCUT2D eigenvalue weighted by Crippen LogP contribution is -2.24. The Labute approximate surface area is 149 Å². The standard InChI is InChI=1S/C18H17ClFNO4/c1-23-14-8-13-16(18(25-3)17(14)24-2)12(7-15(22)21-13)9-4-10(19)6-11(20)5-9/h4-6,8,12H,7H2,1-3H3,(H,21,22). The van der Waals surface area contributed by atoms with Crippen molar-refractivity contribution >= 4 is 23.2 Å². The molecule has 2 aromatic rings. The van der Waals surface area contributed by atoms with E-state index in [-0.39, 0.29) is 17.4 Å². The molecule has 0 bridgehead atoms. The largest absolute Gasteiger partial charge is 0.493 e. The average molecular weight is 366 g/mol. The third-order valence-electron chi connectivity index (χ3n) is 4.17. The number of carbonyl (C=O) groups excluding carboxylic acids is 1. The number of hydrogen-bond donors (Lipinski definition) is 1. The van der Waals surface area contributed by atoms with E-state index in [4.69, 9.17) is 25.8 Å². The first-order valence-electron chi connectivity index (χ1n) is 7.57. The number of amides is 1. The molecule has 5 nitrogen and oxygen atoms in total. The lowest BCUT2D eigenvalue weighted by Gasteiger charge is -2.29. The Hall–Kier alpha value is -2.47. The van der Waals surface area contributed by atoms with E-state index in [9.17, 15) is 9.18 Å². The van der Waals surface area contributed by atoms with E-state index in [0.29, 0.717) is 34.1 Å². The molecule has 1 aliphatic rings. The number of carbonyl (C=O) groups is 1. The van der Waals surface area contributed by atoms with E-state index in [2.05, 4.69) is 5.32 Å². The van der Waals surface area contributed by atoms with Crippen LogP contribution in [-0.2, 0) is 4.79 Å². The van der Waals surface area contributed by atoms with Crippen molar-refractivity contribution < 1.29 is 23.4 Å². The molecule has 1 atom stereocenters. The van der Waals surface area contributed by atoms with Crippen molar-refractivity contribution in [1.82, 2.24) is 0 Å². The smallest absolute Gasteiger partial charge is 0.225 e. The summed E-state index contributed by atoms with van der Waals surface area (Å²) in [4.78, 5) is 12.2. The van der Waals surface area contributed by atoms with Crippen molar-refractivity contribution in [2.75, 3.05) is 26.6 Å². The van der Waals surface area contributed by atoms with E-state index in [1.807, 2.05) is 0 Å². The Morgan fingerprint density at radius 3 is 2.40 bits per heavy atom. The Balaban J connectivity index is 2.27. The van der Waals surface area contributed by atoms with Gasteiger partial charge in [0.25, 0.3) is 0 Å². The molecule has 1 unspecified atom stereocenters. The summed E-state index contributed by atoms with van der Waals surface area (Å²) in [6.45, 7) is 0. The van der Waals surface area contributed by atoms with Gasteiger partial charge in [-0.2, -0.15) is 0 Å². The minimum Gasteiger partial charge on any atom is -0.493 e. The van der Waals surface area contributed by atoms with Gasteiger partial charge in [0.2, 0.25) is 11.7 Å². The molecule has 0 aliphatic carbocycles. The zero-order valence-electron chi connectivity index (χ0n) is 14.0. The van der Waals surface area contributed by atoms with Crippen LogP contribution in [0.2, 0.25) is 5.02 Å². The second-order valence-corrected chi connectivity index (χ2v) is 6.05. The molecule has 0 aromatic heterocycles. The van der Waals surface area contributed by atoms with Crippen LogP contribution < -0.4 is 19.5 Å². The van der Waals surface area contributed by atoms with Gasteiger partial charge in [0.1, 0.15) is 5.82 Å². The van der Waals surface area contributed by atoms with Gasteiger partial charge >= 0.3 is 0 Å². The van der Waals surface area contributed by atoms with Gasteiger partial charge in [-0.25, -0.2) is 4.39 Å². The SMILES string of the molecule is COc1cc2c(c(OC)c1OC)C(c1cc(F)cc(Cl)c1)CC(=O)N2. The van der Waals surface area contributed by atoms with Crippen LogP contribution in [0.4, 0.5) is 10.1 Å². The van der Waals surface area contributed by atoms with Crippen molar-refractivity contribution in [3.63, 3.8) is 0 Å². The Bertz CT molecular complexity index is 820. The van der Waals surface area contributed by atoms with Gasteiger partial charge in [-0.15, -0.1) is 0 Å². The molecule has 25 heavy (non-hydrogen) atoms. The van der Waals surface area contributed by atoms with Gasteiger partial charge in [0.15, 0.2) is 11.5 Å². The number of benzene rings is 2. The van der Waals surface area contributed by atoms with Crippen molar-refractivity contribution in [1.29, 1.82) is 0 Å². The van der Waals surface area contributed by atoms with Crippen LogP contribution >= 0.6 is 11.6 Å². The predicted molar refractivity (Wildman–Crippen MR) is 92.6 cm³/mol. The maximum atomic E-state index is 13.8. The third-order valence-corrected chi connectivity index (χ3v) is 4.39. The summed E-state index contributed by atoms with van der Waals surface area (Å²) in [5.41, 5.74) is 1.82. The molecule has 1 N–H and O–H groups in total. The predicted octanol–water partition coefficient (Wildman–Crippen LogP) is 3.98. The monoisotopic (exact) mass is 365 g/mol. The van der Waals surface area contributed by atoms with Gasteiger partial charge in [0.05, 0.1) is 27.0 Å². The van der Waals surface area contributed by atoms with Crippen molar-refractivity contribution in [3.05, 3.63) is 46.2 Å². The second kappa shape index (κ2) is 6.80. The molecule has 0 saturated heterocycles. The summed E-state index contributed by atoms with van der Waals surface area (Å²) in [5.74, 6) is 0.194.